The van der Waals surface area contributed by atoms with Crippen LogP contribution in [-0.4, -0.2) is 35.6 Å². The zero-order chi connectivity index (χ0) is 14.2. The number of aliphatic carboxylic acids is 1. The minimum atomic E-state index is -5.08. The number of carboxylic acid groups (broad SMARTS) is 1. The number of rotatable bonds is 1. The Morgan fingerprint density at radius 2 is 1.83 bits per heavy atom. The zero-order valence-electron chi connectivity index (χ0n) is 8.76. The summed E-state index contributed by atoms with van der Waals surface area (Å²) < 4.78 is 31.7. The molecule has 0 atom stereocenters. The smallest absolute Gasteiger partial charge is 0.475 e. The standard InChI is InChI=1S/C7H7N3O.C2HF3O2/c8-7(11)6-2-5-9-3-1-4-10-6;3-2(4,5)1(6)7/h1-5H,(H2,8,11);(H,6,7). The third kappa shape index (κ3) is 6.93. The van der Waals surface area contributed by atoms with Gasteiger partial charge in [0.05, 0.1) is 0 Å². The Kier molecular flexibility index (Phi) is 6.04. The number of nitrogens with two attached hydrogens (primary N) is 1. The van der Waals surface area contributed by atoms with E-state index >= 15 is 0 Å². The number of carbonyl (C=O) groups is 2. The molecule has 1 rings (SSSR count). The van der Waals surface area contributed by atoms with Crippen molar-refractivity contribution in [2.45, 2.75) is 6.18 Å². The van der Waals surface area contributed by atoms with E-state index in [0.717, 1.165) is 0 Å². The maximum absolute atomic E-state index is 10.6. The van der Waals surface area contributed by atoms with Gasteiger partial charge in [-0.05, 0) is 12.2 Å². The minimum absolute atomic E-state index is 0.207. The summed E-state index contributed by atoms with van der Waals surface area (Å²) in [6, 6.07) is 0. The third-order valence-corrected chi connectivity index (χ3v) is 1.29. The van der Waals surface area contributed by atoms with E-state index in [1.54, 1.807) is 12.3 Å². The monoisotopic (exact) mass is 263 g/mol. The molecule has 1 aliphatic rings. The van der Waals surface area contributed by atoms with Crippen molar-refractivity contribution < 1.29 is 27.9 Å². The van der Waals surface area contributed by atoms with E-state index in [1.165, 1.54) is 18.5 Å². The lowest BCUT2D eigenvalue weighted by Gasteiger charge is -1.93. The van der Waals surface area contributed by atoms with Gasteiger partial charge in [-0.3, -0.25) is 14.8 Å². The quantitative estimate of drug-likeness (QED) is 0.725. The molecule has 98 valence electrons. The Labute approximate surface area is 99.0 Å². The molecule has 0 bridgehead atoms. The molecule has 0 radical (unpaired) electrons. The first-order valence-corrected chi connectivity index (χ1v) is 4.27. The lowest BCUT2D eigenvalue weighted by molar-refractivity contribution is -0.192. The summed E-state index contributed by atoms with van der Waals surface area (Å²) in [5, 5.41) is 7.12. The van der Waals surface area contributed by atoms with Gasteiger partial charge in [-0.15, -0.1) is 0 Å². The average Bonchev–Trinajstić information content (AvgIpc) is 2.15. The summed E-state index contributed by atoms with van der Waals surface area (Å²) in [5.74, 6) is -3.31. The van der Waals surface area contributed by atoms with Crippen LogP contribution in [0.3, 0.4) is 0 Å². The van der Waals surface area contributed by atoms with Crippen LogP contribution in [0.4, 0.5) is 13.2 Å². The highest BCUT2D eigenvalue weighted by Gasteiger charge is 2.38. The summed E-state index contributed by atoms with van der Waals surface area (Å²) in [4.78, 5) is 27.0. The van der Waals surface area contributed by atoms with Crippen molar-refractivity contribution in [1.29, 1.82) is 0 Å². The topological polar surface area (TPSA) is 105 Å². The van der Waals surface area contributed by atoms with Crippen LogP contribution in [-0.2, 0) is 9.59 Å². The molecule has 18 heavy (non-hydrogen) atoms. The SMILES string of the molecule is NC(=O)C1=CC=NC=CC=N1.O=C(O)C(F)(F)F. The molecule has 1 amide bonds. The molecule has 0 spiro atoms. The van der Waals surface area contributed by atoms with E-state index in [2.05, 4.69) is 9.98 Å². The van der Waals surface area contributed by atoms with Crippen LogP contribution < -0.4 is 5.73 Å². The van der Waals surface area contributed by atoms with Gasteiger partial charge in [0.15, 0.2) is 0 Å². The van der Waals surface area contributed by atoms with Gasteiger partial charge in [0.25, 0.3) is 5.91 Å². The van der Waals surface area contributed by atoms with Crippen LogP contribution in [0, 0.1) is 0 Å². The van der Waals surface area contributed by atoms with Crippen molar-refractivity contribution in [3.8, 4) is 0 Å². The number of aliphatic imine (C=N–C) groups is 2. The van der Waals surface area contributed by atoms with Crippen molar-refractivity contribution in [3.63, 3.8) is 0 Å². The first kappa shape index (κ1) is 15.6. The Balaban J connectivity index is 0.000000360. The Bertz CT molecular complexity index is 436. The molecule has 0 fully saturated rings. The second-order valence-corrected chi connectivity index (χ2v) is 2.64. The Hall–Kier alpha value is -2.45. The van der Waals surface area contributed by atoms with Crippen LogP contribution >= 0.6 is 0 Å². The number of alkyl halides is 3. The van der Waals surface area contributed by atoms with Crippen molar-refractivity contribution in [2.24, 2.45) is 15.7 Å². The number of nitrogens with zero attached hydrogens (tertiary/aromatic N) is 2. The van der Waals surface area contributed by atoms with E-state index in [1.807, 2.05) is 0 Å². The predicted octanol–water partition coefficient (Wildman–Crippen LogP) is 0.658. The van der Waals surface area contributed by atoms with Gasteiger partial charge in [0, 0.05) is 18.6 Å². The molecule has 0 saturated carbocycles. The van der Waals surface area contributed by atoms with Gasteiger partial charge in [0.2, 0.25) is 0 Å². The van der Waals surface area contributed by atoms with Crippen molar-refractivity contribution >= 4 is 24.3 Å². The number of hydrogen-bond donors (Lipinski definition) is 2. The molecule has 0 aliphatic carbocycles. The fourth-order valence-corrected chi connectivity index (χ4v) is 0.564. The molecular formula is C9H8F3N3O3. The molecule has 0 unspecified atom stereocenters. The fraction of sp³-hybridized carbons (Fsp3) is 0.111. The molecule has 3 N–H and O–H groups in total. The van der Waals surface area contributed by atoms with Gasteiger partial charge in [-0.2, -0.15) is 13.2 Å². The van der Waals surface area contributed by atoms with Crippen LogP contribution in [0.1, 0.15) is 0 Å². The molecule has 0 saturated heterocycles. The maximum Gasteiger partial charge on any atom is 0.490 e. The van der Waals surface area contributed by atoms with Crippen molar-refractivity contribution in [3.05, 3.63) is 24.0 Å². The highest BCUT2D eigenvalue weighted by atomic mass is 19.4. The number of carbonyl (C=O) groups excluding carboxylic acids is 1. The van der Waals surface area contributed by atoms with E-state index < -0.39 is 18.1 Å². The van der Waals surface area contributed by atoms with E-state index in [9.17, 15) is 18.0 Å². The minimum Gasteiger partial charge on any atom is -0.475 e. The summed E-state index contributed by atoms with van der Waals surface area (Å²) in [6.07, 6.45) is 2.49. The molecule has 1 heterocycles. The molecular weight excluding hydrogens is 255 g/mol. The van der Waals surface area contributed by atoms with Crippen LogP contribution in [0.2, 0.25) is 0 Å². The lowest BCUT2D eigenvalue weighted by atomic mass is 10.4. The highest BCUT2D eigenvalue weighted by Crippen LogP contribution is 2.13. The molecule has 0 aromatic heterocycles. The number of allylic oxidation sites excluding steroid dienone is 2. The van der Waals surface area contributed by atoms with Gasteiger partial charge in [-0.1, -0.05) is 0 Å². The molecule has 0 aromatic carbocycles. The number of primary amides is 1. The number of carboxylic acids is 1. The maximum atomic E-state index is 10.6. The summed E-state index contributed by atoms with van der Waals surface area (Å²) in [7, 11) is 0. The van der Waals surface area contributed by atoms with Gasteiger partial charge in [0.1, 0.15) is 5.70 Å². The second kappa shape index (κ2) is 6.99. The predicted molar refractivity (Wildman–Crippen MR) is 57.1 cm³/mol. The third-order valence-electron chi connectivity index (χ3n) is 1.29. The van der Waals surface area contributed by atoms with Crippen LogP contribution in [0.5, 0.6) is 0 Å². The van der Waals surface area contributed by atoms with E-state index in [4.69, 9.17) is 15.6 Å². The largest absolute Gasteiger partial charge is 0.490 e. The Morgan fingerprint density at radius 3 is 2.28 bits per heavy atom. The molecule has 6 nitrogen and oxygen atoms in total. The lowest BCUT2D eigenvalue weighted by Crippen LogP contribution is -2.21. The number of amides is 1. The first-order chi connectivity index (χ1) is 8.25. The number of hydrogen-bond acceptors (Lipinski definition) is 4. The summed E-state index contributed by atoms with van der Waals surface area (Å²) >= 11 is 0. The Morgan fingerprint density at radius 1 is 1.28 bits per heavy atom. The first-order valence-electron chi connectivity index (χ1n) is 4.27. The second-order valence-electron chi connectivity index (χ2n) is 2.64. The van der Waals surface area contributed by atoms with Gasteiger partial charge >= 0.3 is 12.1 Å². The zero-order valence-corrected chi connectivity index (χ0v) is 8.76. The highest BCUT2D eigenvalue weighted by molar-refractivity contribution is 5.98. The van der Waals surface area contributed by atoms with E-state index in [-0.39, 0.29) is 5.70 Å². The van der Waals surface area contributed by atoms with Crippen LogP contribution in [0.25, 0.3) is 0 Å². The van der Waals surface area contributed by atoms with Gasteiger partial charge in [-0.25, -0.2) is 4.79 Å². The van der Waals surface area contributed by atoms with Crippen LogP contribution in [0.15, 0.2) is 34.0 Å². The number of halogens is 3. The summed E-state index contributed by atoms with van der Waals surface area (Å²) in [6.45, 7) is 0. The summed E-state index contributed by atoms with van der Waals surface area (Å²) in [5.41, 5.74) is 5.19. The van der Waals surface area contributed by atoms with Crippen molar-refractivity contribution in [1.82, 2.24) is 0 Å². The molecule has 9 heteroatoms. The van der Waals surface area contributed by atoms with Crippen molar-refractivity contribution in [2.75, 3.05) is 0 Å². The molecule has 1 aliphatic heterocycles. The normalized spacial score (nSPS) is 13.8. The average molecular weight is 263 g/mol. The van der Waals surface area contributed by atoms with Gasteiger partial charge < -0.3 is 10.8 Å². The fourth-order valence-electron chi connectivity index (χ4n) is 0.564. The molecule has 0 aromatic rings. The van der Waals surface area contributed by atoms with E-state index in [0.29, 0.717) is 0 Å².